The van der Waals surface area contributed by atoms with Crippen molar-refractivity contribution < 1.29 is 5.11 Å². The average molecular weight is 224 g/mol. The zero-order valence-corrected chi connectivity index (χ0v) is 9.88. The van der Waals surface area contributed by atoms with Gasteiger partial charge in [-0.25, -0.2) is 0 Å². The van der Waals surface area contributed by atoms with E-state index in [1.807, 2.05) is 54.6 Å². The van der Waals surface area contributed by atoms with Gasteiger partial charge in [0, 0.05) is 0 Å². The average Bonchev–Trinajstić information content (AvgIpc) is 2.37. The lowest BCUT2D eigenvalue weighted by atomic mass is 10.1. The number of rotatable bonds is 3. The van der Waals surface area contributed by atoms with Crippen LogP contribution in [-0.2, 0) is 0 Å². The van der Waals surface area contributed by atoms with E-state index < -0.39 is 6.10 Å². The fraction of sp³-hybridized carbons (Fsp3) is 0.125. The Morgan fingerprint density at radius 3 is 2.47 bits per heavy atom. The van der Waals surface area contributed by atoms with Crippen LogP contribution in [0.5, 0.6) is 0 Å². The summed E-state index contributed by atoms with van der Waals surface area (Å²) in [5, 5.41) is 9.96. The quantitative estimate of drug-likeness (QED) is 0.842. The molecule has 1 heteroatoms. The third kappa shape index (κ3) is 3.30. The predicted octanol–water partition coefficient (Wildman–Crippen LogP) is 3.74. The highest BCUT2D eigenvalue weighted by Gasteiger charge is 2.00. The lowest BCUT2D eigenvalue weighted by Gasteiger charge is -2.05. The van der Waals surface area contributed by atoms with E-state index in [1.54, 1.807) is 0 Å². The Labute approximate surface area is 102 Å². The van der Waals surface area contributed by atoms with Gasteiger partial charge < -0.3 is 5.11 Å². The third-order valence-corrected chi connectivity index (χ3v) is 2.65. The molecular formula is C16H16O. The van der Waals surface area contributed by atoms with Crippen LogP contribution >= 0.6 is 0 Å². The van der Waals surface area contributed by atoms with Gasteiger partial charge in [-0.1, -0.05) is 72.3 Å². The second-order valence-electron chi connectivity index (χ2n) is 4.13. The van der Waals surface area contributed by atoms with E-state index in [0.29, 0.717) is 0 Å². The molecule has 2 aromatic rings. The van der Waals surface area contributed by atoms with Gasteiger partial charge in [-0.2, -0.15) is 0 Å². The van der Waals surface area contributed by atoms with Gasteiger partial charge in [0.1, 0.15) is 0 Å². The van der Waals surface area contributed by atoms with E-state index in [-0.39, 0.29) is 0 Å². The molecule has 0 fully saturated rings. The molecule has 0 heterocycles. The normalized spacial score (nSPS) is 12.8. The number of aryl methyl sites for hydroxylation is 1. The Bertz CT molecular complexity index is 500. The number of benzene rings is 2. The molecule has 0 bridgehead atoms. The standard InChI is InChI=1S/C16H16O/c1-13-6-5-7-14(12-13)10-11-16(17)15-8-3-2-4-9-15/h2-12,16-17H,1H3/b11-10+. The van der Waals surface area contributed by atoms with Gasteiger partial charge >= 0.3 is 0 Å². The second-order valence-corrected chi connectivity index (χ2v) is 4.13. The van der Waals surface area contributed by atoms with E-state index in [9.17, 15) is 5.11 Å². The summed E-state index contributed by atoms with van der Waals surface area (Å²) >= 11 is 0. The van der Waals surface area contributed by atoms with Crippen molar-refractivity contribution >= 4 is 6.08 Å². The van der Waals surface area contributed by atoms with Gasteiger partial charge in [-0.15, -0.1) is 0 Å². The minimum Gasteiger partial charge on any atom is -0.384 e. The zero-order valence-electron chi connectivity index (χ0n) is 9.88. The first-order valence-electron chi connectivity index (χ1n) is 5.73. The molecule has 2 aromatic carbocycles. The summed E-state index contributed by atoms with van der Waals surface area (Å²) in [6.45, 7) is 2.06. The molecule has 17 heavy (non-hydrogen) atoms. The van der Waals surface area contributed by atoms with Gasteiger partial charge in [0.15, 0.2) is 0 Å². The van der Waals surface area contributed by atoms with Crippen molar-refractivity contribution in [2.24, 2.45) is 0 Å². The summed E-state index contributed by atoms with van der Waals surface area (Å²) in [6, 6.07) is 17.8. The molecule has 0 saturated heterocycles. The van der Waals surface area contributed by atoms with Crippen LogP contribution in [0.1, 0.15) is 22.8 Å². The first-order valence-corrected chi connectivity index (χ1v) is 5.73. The summed E-state index contributed by atoms with van der Waals surface area (Å²) in [7, 11) is 0. The maximum Gasteiger partial charge on any atom is 0.0975 e. The number of aliphatic hydroxyl groups is 1. The highest BCUT2D eigenvalue weighted by atomic mass is 16.3. The first kappa shape index (κ1) is 11.6. The van der Waals surface area contributed by atoms with Gasteiger partial charge in [0.25, 0.3) is 0 Å². The van der Waals surface area contributed by atoms with E-state index in [4.69, 9.17) is 0 Å². The lowest BCUT2D eigenvalue weighted by Crippen LogP contribution is -1.91. The highest BCUT2D eigenvalue weighted by molar-refractivity contribution is 5.51. The largest absolute Gasteiger partial charge is 0.384 e. The third-order valence-electron chi connectivity index (χ3n) is 2.65. The maximum absolute atomic E-state index is 9.96. The van der Waals surface area contributed by atoms with E-state index >= 15 is 0 Å². The summed E-state index contributed by atoms with van der Waals surface area (Å²) in [4.78, 5) is 0. The molecule has 2 rings (SSSR count). The molecule has 0 saturated carbocycles. The molecule has 0 aliphatic carbocycles. The van der Waals surface area contributed by atoms with Crippen LogP contribution < -0.4 is 0 Å². The van der Waals surface area contributed by atoms with Crippen LogP contribution in [0.25, 0.3) is 6.08 Å². The van der Waals surface area contributed by atoms with Crippen LogP contribution in [0.2, 0.25) is 0 Å². The minimum atomic E-state index is -0.545. The Morgan fingerprint density at radius 1 is 1.00 bits per heavy atom. The van der Waals surface area contributed by atoms with Crippen LogP contribution in [0.15, 0.2) is 60.7 Å². The molecular weight excluding hydrogens is 208 g/mol. The molecule has 1 atom stereocenters. The van der Waals surface area contributed by atoms with Crippen LogP contribution in [0.4, 0.5) is 0 Å². The highest BCUT2D eigenvalue weighted by Crippen LogP contribution is 2.15. The van der Waals surface area contributed by atoms with Crippen molar-refractivity contribution in [2.75, 3.05) is 0 Å². The van der Waals surface area contributed by atoms with Crippen molar-refractivity contribution in [2.45, 2.75) is 13.0 Å². The van der Waals surface area contributed by atoms with E-state index in [2.05, 4.69) is 19.1 Å². The molecule has 1 N–H and O–H groups in total. The molecule has 1 nitrogen and oxygen atoms in total. The van der Waals surface area contributed by atoms with Gasteiger partial charge in [0.05, 0.1) is 6.10 Å². The topological polar surface area (TPSA) is 20.2 Å². The molecule has 0 spiro atoms. The number of aliphatic hydroxyl groups excluding tert-OH is 1. The lowest BCUT2D eigenvalue weighted by molar-refractivity contribution is 0.229. The van der Waals surface area contributed by atoms with Crippen LogP contribution in [-0.4, -0.2) is 5.11 Å². The SMILES string of the molecule is Cc1cccc(/C=C/C(O)c2ccccc2)c1. The summed E-state index contributed by atoms with van der Waals surface area (Å²) in [5.74, 6) is 0. The fourth-order valence-corrected chi connectivity index (χ4v) is 1.74. The van der Waals surface area contributed by atoms with Gasteiger partial charge in [-0.3, -0.25) is 0 Å². The Hall–Kier alpha value is -1.86. The fourth-order valence-electron chi connectivity index (χ4n) is 1.74. The van der Waals surface area contributed by atoms with E-state index in [1.165, 1.54) is 5.56 Å². The Balaban J connectivity index is 2.11. The van der Waals surface area contributed by atoms with Crippen LogP contribution in [0.3, 0.4) is 0 Å². The van der Waals surface area contributed by atoms with Crippen LogP contribution in [0, 0.1) is 6.92 Å². The number of hydrogen-bond donors (Lipinski definition) is 1. The molecule has 0 radical (unpaired) electrons. The van der Waals surface area contributed by atoms with Gasteiger partial charge in [-0.05, 0) is 18.1 Å². The van der Waals surface area contributed by atoms with E-state index in [0.717, 1.165) is 11.1 Å². The maximum atomic E-state index is 9.96. The number of hydrogen-bond acceptors (Lipinski definition) is 1. The van der Waals surface area contributed by atoms with Gasteiger partial charge in [0.2, 0.25) is 0 Å². The minimum absolute atomic E-state index is 0.545. The predicted molar refractivity (Wildman–Crippen MR) is 71.6 cm³/mol. The van der Waals surface area contributed by atoms with Crippen molar-refractivity contribution in [1.82, 2.24) is 0 Å². The molecule has 0 amide bonds. The molecule has 0 aliphatic heterocycles. The Kier molecular flexibility index (Phi) is 3.73. The zero-order chi connectivity index (χ0) is 12.1. The van der Waals surface area contributed by atoms with Crippen molar-refractivity contribution in [3.8, 4) is 0 Å². The summed E-state index contributed by atoms with van der Waals surface area (Å²) in [5.41, 5.74) is 3.25. The van der Waals surface area contributed by atoms with Crippen molar-refractivity contribution in [3.63, 3.8) is 0 Å². The van der Waals surface area contributed by atoms with Crippen molar-refractivity contribution in [1.29, 1.82) is 0 Å². The molecule has 86 valence electrons. The second kappa shape index (κ2) is 5.46. The molecule has 1 unspecified atom stereocenters. The summed E-state index contributed by atoms with van der Waals surface area (Å²) in [6.07, 6.45) is 3.21. The van der Waals surface area contributed by atoms with Crippen molar-refractivity contribution in [3.05, 3.63) is 77.4 Å². The Morgan fingerprint density at radius 2 is 1.76 bits per heavy atom. The molecule has 0 aliphatic rings. The first-order chi connectivity index (χ1) is 8.25. The smallest absolute Gasteiger partial charge is 0.0975 e. The monoisotopic (exact) mass is 224 g/mol. The molecule has 0 aromatic heterocycles. The summed E-state index contributed by atoms with van der Waals surface area (Å²) < 4.78 is 0.